The monoisotopic (exact) mass is 289 g/mol. The van der Waals surface area contributed by atoms with Crippen molar-refractivity contribution < 1.29 is 14.3 Å². The lowest BCUT2D eigenvalue weighted by atomic mass is 10.2. The van der Waals surface area contributed by atoms with E-state index in [2.05, 4.69) is 11.0 Å². The summed E-state index contributed by atoms with van der Waals surface area (Å²) in [6, 6.07) is 5.84. The van der Waals surface area contributed by atoms with E-state index in [-0.39, 0.29) is 12.5 Å². The zero-order chi connectivity index (χ0) is 14.6. The first kappa shape index (κ1) is 12.9. The zero-order valence-electron chi connectivity index (χ0n) is 12.0. The lowest BCUT2D eigenvalue weighted by Crippen LogP contribution is -2.43. The summed E-state index contributed by atoms with van der Waals surface area (Å²) in [5, 5.41) is 0. The van der Waals surface area contributed by atoms with Crippen molar-refractivity contribution in [2.24, 2.45) is 5.73 Å². The smallest absolute Gasteiger partial charge is 0.247 e. The maximum absolute atomic E-state index is 12.2. The molecular formula is C15H19N3O3. The lowest BCUT2D eigenvalue weighted by Gasteiger charge is -2.30. The molecule has 1 aromatic rings. The van der Waals surface area contributed by atoms with Gasteiger partial charge < -0.3 is 25.0 Å². The molecule has 3 aliphatic rings. The zero-order valence-corrected chi connectivity index (χ0v) is 12.0. The number of nitrogens with two attached hydrogens (primary N) is 1. The second kappa shape index (κ2) is 4.61. The van der Waals surface area contributed by atoms with E-state index in [0.29, 0.717) is 17.9 Å². The van der Waals surface area contributed by atoms with Gasteiger partial charge in [0, 0.05) is 19.3 Å². The van der Waals surface area contributed by atoms with Crippen LogP contribution >= 0.6 is 0 Å². The van der Waals surface area contributed by atoms with Crippen molar-refractivity contribution in [1.82, 2.24) is 0 Å². The normalized spacial score (nSPS) is 31.1. The predicted molar refractivity (Wildman–Crippen MR) is 78.8 cm³/mol. The summed E-state index contributed by atoms with van der Waals surface area (Å²) in [5.74, 6) is 0.598. The predicted octanol–water partition coefficient (Wildman–Crippen LogP) is 0.347. The Morgan fingerprint density at radius 3 is 2.90 bits per heavy atom. The Labute approximate surface area is 123 Å². The number of rotatable bonds is 1. The van der Waals surface area contributed by atoms with Gasteiger partial charge in [-0.2, -0.15) is 0 Å². The highest BCUT2D eigenvalue weighted by atomic mass is 16.5. The Bertz CT molecular complexity index is 592. The summed E-state index contributed by atoms with van der Waals surface area (Å²) in [6.45, 7) is 1.93. The Morgan fingerprint density at radius 1 is 1.33 bits per heavy atom. The van der Waals surface area contributed by atoms with Gasteiger partial charge in [0.15, 0.2) is 0 Å². The number of nitrogens with zero attached hydrogens (tertiary/aromatic N) is 2. The second-order valence-electron chi connectivity index (χ2n) is 5.96. The molecule has 0 aromatic heterocycles. The molecule has 2 bridgehead atoms. The van der Waals surface area contributed by atoms with Crippen molar-refractivity contribution in [2.75, 3.05) is 36.6 Å². The highest BCUT2D eigenvalue weighted by Gasteiger charge is 2.39. The van der Waals surface area contributed by atoms with Gasteiger partial charge in [0.2, 0.25) is 5.91 Å². The number of carbonyl (C=O) groups is 1. The largest absolute Gasteiger partial charge is 0.489 e. The fraction of sp³-hybridized carbons (Fsp3) is 0.533. The van der Waals surface area contributed by atoms with E-state index in [4.69, 9.17) is 15.2 Å². The van der Waals surface area contributed by atoms with Gasteiger partial charge in [-0.25, -0.2) is 0 Å². The summed E-state index contributed by atoms with van der Waals surface area (Å²) in [5.41, 5.74) is 7.71. The van der Waals surface area contributed by atoms with Gasteiger partial charge in [-0.1, -0.05) is 0 Å². The molecular weight excluding hydrogens is 270 g/mol. The van der Waals surface area contributed by atoms with Crippen LogP contribution in [0.25, 0.3) is 0 Å². The number of hydrogen-bond donors (Lipinski definition) is 1. The molecule has 112 valence electrons. The number of anilines is 2. The summed E-state index contributed by atoms with van der Waals surface area (Å²) in [6.07, 6.45) is 1.44. The Hall–Kier alpha value is -1.79. The van der Waals surface area contributed by atoms with Crippen LogP contribution < -0.4 is 20.3 Å². The Morgan fingerprint density at radius 2 is 2.19 bits per heavy atom. The number of morpholine rings is 1. The van der Waals surface area contributed by atoms with Gasteiger partial charge in [0.25, 0.3) is 0 Å². The van der Waals surface area contributed by atoms with E-state index in [1.807, 2.05) is 12.1 Å². The number of carbonyl (C=O) groups excluding carboxylic acids is 1. The van der Waals surface area contributed by atoms with E-state index in [9.17, 15) is 4.79 Å². The molecule has 3 aliphatic heterocycles. The standard InChI is InChI=1S/C15H19N3O3/c1-17-13-5-9(18-6-11-4-10(18)7-20-11)2-3-14(13)21-8-12(16)15(17)19/h2-3,5,10-12H,4,6-8,16H2,1H3/t10-,11-,12-/m0/s1. The molecule has 2 N–H and O–H groups in total. The first-order chi connectivity index (χ1) is 10.1. The number of likely N-dealkylation sites (N-methyl/N-ethyl adjacent to an activating group) is 1. The molecule has 3 heterocycles. The summed E-state index contributed by atoms with van der Waals surface area (Å²) < 4.78 is 11.3. The quantitative estimate of drug-likeness (QED) is 0.808. The molecule has 0 aliphatic carbocycles. The minimum Gasteiger partial charge on any atom is -0.489 e. The first-order valence-corrected chi connectivity index (χ1v) is 7.32. The number of hydrogen-bond acceptors (Lipinski definition) is 5. The van der Waals surface area contributed by atoms with Crippen molar-refractivity contribution in [3.63, 3.8) is 0 Å². The van der Waals surface area contributed by atoms with Crippen molar-refractivity contribution in [3.8, 4) is 5.75 Å². The van der Waals surface area contributed by atoms with Gasteiger partial charge >= 0.3 is 0 Å². The first-order valence-electron chi connectivity index (χ1n) is 7.32. The lowest BCUT2D eigenvalue weighted by molar-refractivity contribution is -0.119. The number of ether oxygens (including phenoxy) is 2. The molecule has 0 spiro atoms. The average Bonchev–Trinajstić information content (AvgIpc) is 3.11. The van der Waals surface area contributed by atoms with Gasteiger partial charge in [-0.05, 0) is 24.6 Å². The Balaban J connectivity index is 1.69. The number of fused-ring (bicyclic) bond motifs is 3. The molecule has 1 aromatic carbocycles. The van der Waals surface area contributed by atoms with Gasteiger partial charge in [0.05, 0.1) is 24.4 Å². The maximum Gasteiger partial charge on any atom is 0.247 e. The van der Waals surface area contributed by atoms with Crippen molar-refractivity contribution in [2.45, 2.75) is 24.6 Å². The summed E-state index contributed by atoms with van der Waals surface area (Å²) in [4.78, 5) is 16.1. The van der Waals surface area contributed by atoms with Crippen LogP contribution in [0, 0.1) is 0 Å². The van der Waals surface area contributed by atoms with E-state index in [1.54, 1.807) is 11.9 Å². The molecule has 2 saturated heterocycles. The molecule has 6 nitrogen and oxygen atoms in total. The third kappa shape index (κ3) is 1.98. The third-order valence-corrected chi connectivity index (χ3v) is 4.60. The van der Waals surface area contributed by atoms with Gasteiger partial charge in [0.1, 0.15) is 18.4 Å². The van der Waals surface area contributed by atoms with Crippen molar-refractivity contribution in [3.05, 3.63) is 18.2 Å². The topological polar surface area (TPSA) is 68.0 Å². The molecule has 2 fully saturated rings. The minimum atomic E-state index is -0.609. The number of benzene rings is 1. The molecule has 21 heavy (non-hydrogen) atoms. The van der Waals surface area contributed by atoms with Gasteiger partial charge in [-0.3, -0.25) is 4.79 Å². The minimum absolute atomic E-state index is 0.114. The van der Waals surface area contributed by atoms with Crippen LogP contribution in [0.5, 0.6) is 5.75 Å². The van der Waals surface area contributed by atoms with Crippen LogP contribution in [0.1, 0.15) is 6.42 Å². The fourth-order valence-electron chi connectivity index (χ4n) is 3.40. The van der Waals surface area contributed by atoms with Crippen molar-refractivity contribution in [1.29, 1.82) is 0 Å². The highest BCUT2D eigenvalue weighted by Crippen LogP contribution is 2.38. The molecule has 0 saturated carbocycles. The van der Waals surface area contributed by atoms with Crippen LogP contribution in [0.2, 0.25) is 0 Å². The molecule has 4 rings (SSSR count). The van der Waals surface area contributed by atoms with Gasteiger partial charge in [-0.15, -0.1) is 0 Å². The molecule has 3 atom stereocenters. The Kier molecular flexibility index (Phi) is 2.83. The van der Waals surface area contributed by atoms with E-state index in [0.717, 1.165) is 30.9 Å². The highest BCUT2D eigenvalue weighted by molar-refractivity contribution is 5.99. The number of amides is 1. The average molecular weight is 289 g/mol. The van der Waals surface area contributed by atoms with Crippen molar-refractivity contribution >= 4 is 17.3 Å². The summed E-state index contributed by atoms with van der Waals surface area (Å²) in [7, 11) is 1.75. The van der Waals surface area contributed by atoms with Crippen LogP contribution in [0.3, 0.4) is 0 Å². The molecule has 6 heteroatoms. The molecule has 0 unspecified atom stereocenters. The second-order valence-corrected chi connectivity index (χ2v) is 5.96. The van der Waals surface area contributed by atoms with E-state index >= 15 is 0 Å². The fourth-order valence-corrected chi connectivity index (χ4v) is 3.40. The van der Waals surface area contributed by atoms with Crippen LogP contribution in [-0.2, 0) is 9.53 Å². The van der Waals surface area contributed by atoms with Crippen LogP contribution in [0.15, 0.2) is 18.2 Å². The third-order valence-electron chi connectivity index (χ3n) is 4.60. The van der Waals surface area contributed by atoms with E-state index < -0.39 is 6.04 Å². The van der Waals surface area contributed by atoms with Crippen LogP contribution in [0.4, 0.5) is 11.4 Å². The maximum atomic E-state index is 12.2. The SMILES string of the molecule is CN1C(=O)[C@@H](N)COc2ccc(N3C[C@@H]4C[C@H]3CO4)cc21. The molecule has 1 amide bonds. The molecule has 0 radical (unpaired) electrons. The van der Waals surface area contributed by atoms with E-state index in [1.165, 1.54) is 0 Å². The van der Waals surface area contributed by atoms with Crippen LogP contribution in [-0.4, -0.2) is 50.9 Å². The summed E-state index contributed by atoms with van der Waals surface area (Å²) >= 11 is 0.